The molecule has 0 radical (unpaired) electrons. The second kappa shape index (κ2) is 19.4. The fraction of sp³-hybridized carbons (Fsp3) is 0.605. The third-order valence-corrected chi connectivity index (χ3v) is 9.67. The monoisotopic (exact) mass is 757 g/mol. The van der Waals surface area contributed by atoms with Crippen LogP contribution in [0.4, 0.5) is 4.79 Å². The Balaban J connectivity index is 1.33. The standard InChI is InChI=1S/C38H55N5O9S/c1-24(2)33(32-19-25(3)41-52-32)36(46)43-21-29(44)20-31(43)35(45)40-30(27-9-11-28(12-10-27)34-26(4)39-23-53-34)22-50-18-17-49-16-15-48-14-13-42(8)37(47)51-38(5,6)7/h9-12,19,23-24,29-31,33,44H,13-18,20-22H2,1-8H3,(H,40,45)/t29-,30+,31+,33?/m1/s1. The first-order valence-electron chi connectivity index (χ1n) is 18.0. The molecule has 3 aromatic rings. The first-order chi connectivity index (χ1) is 25.1. The molecular weight excluding hydrogens is 703 g/mol. The summed E-state index contributed by atoms with van der Waals surface area (Å²) < 4.78 is 28.1. The summed E-state index contributed by atoms with van der Waals surface area (Å²) in [6.45, 7) is 15.2. The molecule has 1 aliphatic rings. The second-order valence-electron chi connectivity index (χ2n) is 14.6. The number of thiazole rings is 1. The smallest absolute Gasteiger partial charge is 0.410 e. The largest absolute Gasteiger partial charge is 0.444 e. The third-order valence-electron chi connectivity index (χ3n) is 8.69. The summed E-state index contributed by atoms with van der Waals surface area (Å²) in [4.78, 5) is 48.3. The molecule has 0 aliphatic carbocycles. The number of rotatable bonds is 18. The fourth-order valence-corrected chi connectivity index (χ4v) is 6.77. The maximum atomic E-state index is 13.9. The summed E-state index contributed by atoms with van der Waals surface area (Å²) in [7, 11) is 1.66. The molecule has 0 bridgehead atoms. The quantitative estimate of drug-likeness (QED) is 0.170. The van der Waals surface area contributed by atoms with Crippen LogP contribution in [0.3, 0.4) is 0 Å². The highest BCUT2D eigenvalue weighted by Gasteiger charge is 2.43. The molecule has 1 aliphatic heterocycles. The van der Waals surface area contributed by atoms with Crippen LogP contribution in [0.25, 0.3) is 10.4 Å². The number of benzene rings is 1. The van der Waals surface area contributed by atoms with Gasteiger partial charge in [-0.2, -0.15) is 0 Å². The number of aromatic nitrogens is 2. The molecule has 53 heavy (non-hydrogen) atoms. The second-order valence-corrected chi connectivity index (χ2v) is 15.5. The summed E-state index contributed by atoms with van der Waals surface area (Å²) in [5.74, 6) is -1.01. The van der Waals surface area contributed by atoms with E-state index in [2.05, 4.69) is 15.5 Å². The van der Waals surface area contributed by atoms with Crippen LogP contribution in [0.2, 0.25) is 0 Å². The number of aryl methyl sites for hydroxylation is 2. The van der Waals surface area contributed by atoms with Gasteiger partial charge in [0, 0.05) is 32.6 Å². The molecular formula is C38H55N5O9S. The minimum atomic E-state index is -0.878. The van der Waals surface area contributed by atoms with Gasteiger partial charge >= 0.3 is 6.09 Å². The Bertz CT molecular complexity index is 1620. The van der Waals surface area contributed by atoms with Crippen molar-refractivity contribution in [1.29, 1.82) is 0 Å². The first kappa shape index (κ1) is 41.9. The number of nitrogens with zero attached hydrogens (tertiary/aromatic N) is 4. The van der Waals surface area contributed by atoms with Crippen molar-refractivity contribution >= 4 is 29.2 Å². The molecule has 2 aromatic heterocycles. The summed E-state index contributed by atoms with van der Waals surface area (Å²) in [5.41, 5.74) is 4.70. The van der Waals surface area contributed by atoms with Crippen LogP contribution in [0.1, 0.15) is 75.7 Å². The highest BCUT2D eigenvalue weighted by Crippen LogP contribution is 2.32. The lowest BCUT2D eigenvalue weighted by Gasteiger charge is -2.30. The molecule has 0 saturated carbocycles. The number of β-amino-alcohol motifs (C(OH)–C–C–N with tert-alkyl or cyclic N) is 1. The van der Waals surface area contributed by atoms with E-state index >= 15 is 0 Å². The van der Waals surface area contributed by atoms with Crippen molar-refractivity contribution in [3.05, 3.63) is 58.6 Å². The van der Waals surface area contributed by atoms with E-state index in [4.69, 9.17) is 23.5 Å². The van der Waals surface area contributed by atoms with E-state index in [0.29, 0.717) is 44.4 Å². The van der Waals surface area contributed by atoms with Crippen molar-refractivity contribution in [2.75, 3.05) is 59.8 Å². The Morgan fingerprint density at radius 3 is 2.30 bits per heavy atom. The lowest BCUT2D eigenvalue weighted by atomic mass is 9.91. The molecule has 15 heteroatoms. The average molecular weight is 758 g/mol. The number of aliphatic hydroxyl groups excluding tert-OH is 1. The Hall–Kier alpha value is -3.89. The molecule has 0 spiro atoms. The SMILES string of the molecule is Cc1cc(C(C(=O)N2C[C@H](O)C[C@H]2C(=O)N[C@@H](COCCOCCOCCN(C)C(=O)OC(C)(C)C)c2ccc(-c3scnc3C)cc2)C(C)C)on1. The zero-order valence-corrected chi connectivity index (χ0v) is 32.9. The Labute approximate surface area is 316 Å². The normalized spacial score (nSPS) is 17.2. The van der Waals surface area contributed by atoms with Crippen molar-refractivity contribution < 1.29 is 43.0 Å². The van der Waals surface area contributed by atoms with Crippen molar-refractivity contribution in [2.45, 2.75) is 84.6 Å². The van der Waals surface area contributed by atoms with E-state index in [9.17, 15) is 19.5 Å². The fourth-order valence-electron chi connectivity index (χ4n) is 5.96. The van der Waals surface area contributed by atoms with Crippen molar-refractivity contribution in [1.82, 2.24) is 25.3 Å². The topological polar surface area (TPSA) is 166 Å². The van der Waals surface area contributed by atoms with E-state index in [1.165, 1.54) is 9.80 Å². The number of hydrogen-bond donors (Lipinski definition) is 2. The molecule has 4 rings (SSSR count). The van der Waals surface area contributed by atoms with Gasteiger partial charge in [0.15, 0.2) is 0 Å². The van der Waals surface area contributed by atoms with E-state index in [0.717, 1.165) is 21.7 Å². The van der Waals surface area contributed by atoms with Gasteiger partial charge in [0.1, 0.15) is 23.3 Å². The molecule has 292 valence electrons. The molecule has 4 atom stereocenters. The van der Waals surface area contributed by atoms with Crippen LogP contribution in [0.5, 0.6) is 0 Å². The summed E-state index contributed by atoms with van der Waals surface area (Å²) in [5, 5.41) is 17.7. The van der Waals surface area contributed by atoms with Crippen LogP contribution >= 0.6 is 11.3 Å². The predicted molar refractivity (Wildman–Crippen MR) is 199 cm³/mol. The van der Waals surface area contributed by atoms with Crippen LogP contribution < -0.4 is 5.32 Å². The molecule has 1 saturated heterocycles. The Kier molecular flexibility index (Phi) is 15.4. The molecule has 2 N–H and O–H groups in total. The zero-order chi connectivity index (χ0) is 38.7. The predicted octanol–water partition coefficient (Wildman–Crippen LogP) is 4.89. The maximum Gasteiger partial charge on any atom is 0.410 e. The summed E-state index contributed by atoms with van der Waals surface area (Å²) >= 11 is 1.56. The molecule has 3 amide bonds. The lowest BCUT2D eigenvalue weighted by molar-refractivity contribution is -0.141. The number of nitrogens with one attached hydrogen (secondary N) is 1. The minimum absolute atomic E-state index is 0.0405. The number of aliphatic hydroxyl groups is 1. The number of likely N-dealkylation sites (N-methyl/N-ethyl adjacent to an activating group) is 1. The molecule has 3 heterocycles. The van der Waals surface area contributed by atoms with Crippen molar-refractivity contribution in [3.63, 3.8) is 0 Å². The van der Waals surface area contributed by atoms with Gasteiger partial charge < -0.3 is 43.7 Å². The highest BCUT2D eigenvalue weighted by molar-refractivity contribution is 7.13. The zero-order valence-electron chi connectivity index (χ0n) is 32.1. The van der Waals surface area contributed by atoms with Gasteiger partial charge in [-0.25, -0.2) is 9.78 Å². The molecule has 1 fully saturated rings. The number of likely N-dealkylation sites (tertiary alicyclic amines) is 1. The van der Waals surface area contributed by atoms with E-state index in [-0.39, 0.29) is 43.9 Å². The van der Waals surface area contributed by atoms with Crippen LogP contribution in [-0.4, -0.2) is 120 Å². The molecule has 1 unspecified atom stereocenters. The number of amides is 3. The number of carbonyl (C=O) groups is 3. The number of hydrogen-bond acceptors (Lipinski definition) is 12. The van der Waals surface area contributed by atoms with Gasteiger partial charge in [-0.1, -0.05) is 43.3 Å². The third kappa shape index (κ3) is 12.3. The lowest BCUT2D eigenvalue weighted by Crippen LogP contribution is -2.49. The van der Waals surface area contributed by atoms with E-state index in [1.807, 2.05) is 71.3 Å². The first-order valence-corrected chi connectivity index (χ1v) is 18.9. The van der Waals surface area contributed by atoms with E-state index < -0.39 is 35.8 Å². The van der Waals surface area contributed by atoms with Gasteiger partial charge in [-0.05, 0) is 51.7 Å². The minimum Gasteiger partial charge on any atom is -0.444 e. The van der Waals surface area contributed by atoms with Crippen molar-refractivity contribution in [2.24, 2.45) is 5.92 Å². The maximum absolute atomic E-state index is 13.9. The van der Waals surface area contributed by atoms with Crippen LogP contribution in [0, 0.1) is 19.8 Å². The average Bonchev–Trinajstić information content (AvgIpc) is 3.83. The van der Waals surface area contributed by atoms with Crippen LogP contribution in [-0.2, 0) is 28.5 Å². The van der Waals surface area contributed by atoms with Gasteiger partial charge in [-0.3, -0.25) is 9.59 Å². The summed E-state index contributed by atoms with van der Waals surface area (Å²) in [6, 6.07) is 8.19. The van der Waals surface area contributed by atoms with Gasteiger partial charge in [-0.15, -0.1) is 11.3 Å². The van der Waals surface area contributed by atoms with Crippen molar-refractivity contribution in [3.8, 4) is 10.4 Å². The summed E-state index contributed by atoms with van der Waals surface area (Å²) in [6.07, 6.45) is -1.14. The number of carbonyl (C=O) groups excluding carboxylic acids is 3. The molecule has 14 nitrogen and oxygen atoms in total. The Morgan fingerprint density at radius 1 is 1.06 bits per heavy atom. The highest BCUT2D eigenvalue weighted by atomic mass is 32.1. The van der Waals surface area contributed by atoms with E-state index in [1.54, 1.807) is 31.4 Å². The van der Waals surface area contributed by atoms with Crippen LogP contribution in [0.15, 0.2) is 40.4 Å². The van der Waals surface area contributed by atoms with Gasteiger partial charge in [0.2, 0.25) is 11.8 Å². The van der Waals surface area contributed by atoms with Gasteiger partial charge in [0.05, 0.1) is 73.6 Å². The number of ether oxygens (including phenoxy) is 4. The Morgan fingerprint density at radius 2 is 1.72 bits per heavy atom. The van der Waals surface area contributed by atoms with Gasteiger partial charge in [0.25, 0.3) is 0 Å². The molecule has 1 aromatic carbocycles.